The van der Waals surface area contributed by atoms with E-state index in [0.29, 0.717) is 0 Å². The summed E-state index contributed by atoms with van der Waals surface area (Å²) < 4.78 is 13.1. The second-order valence-electron chi connectivity index (χ2n) is 5.65. The Bertz CT molecular complexity index is 389. The van der Waals surface area contributed by atoms with Crippen LogP contribution < -0.4 is 5.32 Å². The highest BCUT2D eigenvalue weighted by atomic mass is 19.1. The topological polar surface area (TPSA) is 28.2 Å². The van der Waals surface area contributed by atoms with Crippen LogP contribution in [-0.4, -0.2) is 36.6 Å². The minimum absolute atomic E-state index is 0.162. The largest absolute Gasteiger partial charge is 0.310 e. The second kappa shape index (κ2) is 6.96. The third-order valence-electron chi connectivity index (χ3n) is 4.07. The molecule has 1 saturated heterocycles. The second-order valence-corrected chi connectivity index (χ2v) is 5.65. The van der Waals surface area contributed by atoms with E-state index in [0.717, 1.165) is 18.0 Å². The fourth-order valence-corrected chi connectivity index (χ4v) is 2.64. The van der Waals surface area contributed by atoms with Gasteiger partial charge in [-0.25, -0.2) is 4.39 Å². The Morgan fingerprint density at radius 3 is 2.84 bits per heavy atom. The average Bonchev–Trinajstić information content (AvgIpc) is 2.41. The molecule has 3 nitrogen and oxygen atoms in total. The third kappa shape index (κ3) is 4.55. The van der Waals surface area contributed by atoms with Gasteiger partial charge in [-0.1, -0.05) is 0 Å². The predicted octanol–water partition coefficient (Wildman–Crippen LogP) is 2.60. The van der Waals surface area contributed by atoms with Crippen LogP contribution in [-0.2, 0) is 0 Å². The van der Waals surface area contributed by atoms with Crippen molar-refractivity contribution in [3.63, 3.8) is 0 Å². The summed E-state index contributed by atoms with van der Waals surface area (Å²) in [4.78, 5) is 6.28. The van der Waals surface area contributed by atoms with Gasteiger partial charge >= 0.3 is 0 Å². The van der Waals surface area contributed by atoms with Gasteiger partial charge in [-0.15, -0.1) is 0 Å². The zero-order valence-corrected chi connectivity index (χ0v) is 11.9. The molecule has 0 bridgehead atoms. The van der Waals surface area contributed by atoms with Gasteiger partial charge in [0, 0.05) is 12.2 Å². The van der Waals surface area contributed by atoms with Gasteiger partial charge in [0.2, 0.25) is 0 Å². The van der Waals surface area contributed by atoms with E-state index in [-0.39, 0.29) is 11.9 Å². The average molecular weight is 265 g/mol. The Morgan fingerprint density at radius 1 is 1.42 bits per heavy atom. The number of nitrogens with zero attached hydrogens (tertiary/aromatic N) is 2. The summed E-state index contributed by atoms with van der Waals surface area (Å²) in [6.45, 7) is 5.49. The molecule has 2 heterocycles. The molecule has 1 aromatic heterocycles. The minimum Gasteiger partial charge on any atom is -0.310 e. The van der Waals surface area contributed by atoms with E-state index in [1.54, 1.807) is 12.3 Å². The number of halogens is 1. The first-order chi connectivity index (χ1) is 9.15. The van der Waals surface area contributed by atoms with Gasteiger partial charge in [-0.2, -0.15) is 0 Å². The summed E-state index contributed by atoms with van der Waals surface area (Å²) in [7, 11) is 2.19. The molecule has 0 radical (unpaired) electrons. The van der Waals surface area contributed by atoms with Crippen LogP contribution >= 0.6 is 0 Å². The molecule has 0 spiro atoms. The van der Waals surface area contributed by atoms with E-state index in [9.17, 15) is 4.39 Å². The molecule has 0 amide bonds. The maximum Gasteiger partial charge on any atom is 0.141 e. The molecule has 1 fully saturated rings. The molecular weight excluding hydrogens is 241 g/mol. The van der Waals surface area contributed by atoms with Crippen LogP contribution in [0.15, 0.2) is 18.5 Å². The number of piperidine rings is 1. The predicted molar refractivity (Wildman–Crippen MR) is 75.5 cm³/mol. The molecule has 19 heavy (non-hydrogen) atoms. The highest BCUT2D eigenvalue weighted by Crippen LogP contribution is 2.19. The molecule has 1 N–H and O–H groups in total. The summed E-state index contributed by atoms with van der Waals surface area (Å²) in [5, 5.41) is 3.46. The highest BCUT2D eigenvalue weighted by molar-refractivity contribution is 5.14. The number of aromatic nitrogens is 1. The Hall–Kier alpha value is -1.00. The number of rotatable bonds is 5. The van der Waals surface area contributed by atoms with Crippen LogP contribution in [0.1, 0.15) is 37.8 Å². The van der Waals surface area contributed by atoms with Crippen molar-refractivity contribution in [1.29, 1.82) is 0 Å². The summed E-state index contributed by atoms with van der Waals surface area (Å²) in [5.41, 5.74) is 0.920. The molecule has 1 aromatic rings. The molecule has 1 aliphatic rings. The Kier molecular flexibility index (Phi) is 5.28. The van der Waals surface area contributed by atoms with Gasteiger partial charge < -0.3 is 10.2 Å². The molecule has 0 saturated carbocycles. The summed E-state index contributed by atoms with van der Waals surface area (Å²) in [6.07, 6.45) is 6.79. The lowest BCUT2D eigenvalue weighted by atomic mass is 9.94. The number of nitrogens with one attached hydrogen (secondary N) is 1. The maximum atomic E-state index is 13.1. The molecule has 0 aliphatic carbocycles. The van der Waals surface area contributed by atoms with Crippen molar-refractivity contribution in [1.82, 2.24) is 15.2 Å². The van der Waals surface area contributed by atoms with Crippen LogP contribution in [0.3, 0.4) is 0 Å². The first-order valence-corrected chi connectivity index (χ1v) is 7.17. The van der Waals surface area contributed by atoms with Crippen LogP contribution in [0.25, 0.3) is 0 Å². The fourth-order valence-electron chi connectivity index (χ4n) is 2.64. The van der Waals surface area contributed by atoms with E-state index >= 15 is 0 Å². The van der Waals surface area contributed by atoms with Crippen molar-refractivity contribution < 1.29 is 4.39 Å². The Labute approximate surface area is 115 Å². The van der Waals surface area contributed by atoms with Crippen LogP contribution in [0, 0.1) is 11.7 Å². The fraction of sp³-hybridized carbons (Fsp3) is 0.667. The highest BCUT2D eigenvalue weighted by Gasteiger charge is 2.16. The number of likely N-dealkylation sites (tertiary alicyclic amines) is 1. The molecule has 1 unspecified atom stereocenters. The van der Waals surface area contributed by atoms with Gasteiger partial charge in [0.05, 0.1) is 6.20 Å². The van der Waals surface area contributed by atoms with Crippen molar-refractivity contribution in [2.75, 3.05) is 26.7 Å². The molecule has 0 aromatic carbocycles. The zero-order chi connectivity index (χ0) is 13.7. The zero-order valence-electron chi connectivity index (χ0n) is 11.9. The first-order valence-electron chi connectivity index (χ1n) is 7.17. The Morgan fingerprint density at radius 2 is 2.16 bits per heavy atom. The minimum atomic E-state index is -0.263. The van der Waals surface area contributed by atoms with Gasteiger partial charge in [0.15, 0.2) is 0 Å². The maximum absolute atomic E-state index is 13.1. The number of hydrogen-bond donors (Lipinski definition) is 1. The quantitative estimate of drug-likeness (QED) is 0.887. The number of pyridine rings is 1. The third-order valence-corrected chi connectivity index (χ3v) is 4.07. The molecule has 106 valence electrons. The van der Waals surface area contributed by atoms with Gasteiger partial charge in [-0.3, -0.25) is 4.98 Å². The van der Waals surface area contributed by atoms with Crippen molar-refractivity contribution in [3.05, 3.63) is 29.8 Å². The van der Waals surface area contributed by atoms with Gasteiger partial charge in [0.25, 0.3) is 0 Å². The van der Waals surface area contributed by atoms with Crippen LogP contribution in [0.5, 0.6) is 0 Å². The summed E-state index contributed by atoms with van der Waals surface area (Å²) in [5.74, 6) is 0.572. The lowest BCUT2D eigenvalue weighted by molar-refractivity contribution is 0.211. The van der Waals surface area contributed by atoms with E-state index in [1.165, 1.54) is 38.5 Å². The van der Waals surface area contributed by atoms with Crippen LogP contribution in [0.2, 0.25) is 0 Å². The van der Waals surface area contributed by atoms with Crippen molar-refractivity contribution >= 4 is 0 Å². The van der Waals surface area contributed by atoms with Gasteiger partial charge in [0.1, 0.15) is 5.82 Å². The summed E-state index contributed by atoms with van der Waals surface area (Å²) in [6, 6.07) is 1.72. The molecular formula is C15H24FN3. The van der Waals surface area contributed by atoms with Gasteiger partial charge in [-0.05, 0) is 70.4 Å². The summed E-state index contributed by atoms with van der Waals surface area (Å²) >= 11 is 0. The van der Waals surface area contributed by atoms with E-state index in [1.807, 2.05) is 0 Å². The Balaban J connectivity index is 1.70. The standard InChI is InChI=1S/C15H24FN3/c1-12(14-9-15(16)11-17-10-14)18-6-3-13-4-7-19(2)8-5-13/h9-13,18H,3-8H2,1-2H3. The van der Waals surface area contributed by atoms with Crippen LogP contribution in [0.4, 0.5) is 4.39 Å². The van der Waals surface area contributed by atoms with Crippen molar-refractivity contribution in [2.24, 2.45) is 5.92 Å². The monoisotopic (exact) mass is 265 g/mol. The van der Waals surface area contributed by atoms with Crippen molar-refractivity contribution in [2.45, 2.75) is 32.2 Å². The van der Waals surface area contributed by atoms with Crippen molar-refractivity contribution in [3.8, 4) is 0 Å². The smallest absolute Gasteiger partial charge is 0.141 e. The number of hydrogen-bond acceptors (Lipinski definition) is 3. The van der Waals surface area contributed by atoms with E-state index < -0.39 is 0 Å². The molecule has 2 rings (SSSR count). The van der Waals surface area contributed by atoms with E-state index in [4.69, 9.17) is 0 Å². The molecule has 1 aliphatic heterocycles. The normalized spacial score (nSPS) is 19.5. The molecule has 4 heteroatoms. The first kappa shape index (κ1) is 14.4. The lowest BCUT2D eigenvalue weighted by Gasteiger charge is -2.29. The molecule has 1 atom stereocenters. The lowest BCUT2D eigenvalue weighted by Crippen LogP contribution is -2.32. The SMILES string of the molecule is CC(NCCC1CCN(C)CC1)c1cncc(F)c1. The van der Waals surface area contributed by atoms with E-state index in [2.05, 4.69) is 29.2 Å².